The van der Waals surface area contributed by atoms with E-state index in [0.29, 0.717) is 0 Å². The topological polar surface area (TPSA) is 63.3 Å². The molecule has 3 N–H and O–H groups in total. The van der Waals surface area contributed by atoms with Gasteiger partial charge in [-0.1, -0.05) is 17.7 Å². The summed E-state index contributed by atoms with van der Waals surface area (Å²) in [7, 11) is -1.16. The average Bonchev–Trinajstić information content (AvgIpc) is 2.17. The monoisotopic (exact) mass is 227 g/mol. The fourth-order valence-electron chi connectivity index (χ4n) is 1.39. The molecule has 3 nitrogen and oxygen atoms in total. The van der Waals surface area contributed by atoms with E-state index >= 15 is 0 Å². The van der Waals surface area contributed by atoms with E-state index in [1.54, 1.807) is 0 Å². The summed E-state index contributed by atoms with van der Waals surface area (Å²) in [6.07, 6.45) is -0.688. The van der Waals surface area contributed by atoms with Crippen molar-refractivity contribution >= 4 is 10.8 Å². The molecule has 1 rings (SSSR count). The molecule has 1 aromatic rings. The average molecular weight is 227 g/mol. The van der Waals surface area contributed by atoms with Gasteiger partial charge >= 0.3 is 0 Å². The molecule has 0 fully saturated rings. The van der Waals surface area contributed by atoms with Gasteiger partial charge in [0.2, 0.25) is 0 Å². The van der Waals surface area contributed by atoms with Crippen LogP contribution in [0, 0.1) is 13.8 Å². The van der Waals surface area contributed by atoms with Crippen LogP contribution in [0.2, 0.25) is 0 Å². The second-order valence-corrected chi connectivity index (χ2v) is 5.13. The van der Waals surface area contributed by atoms with Gasteiger partial charge in [0.25, 0.3) is 0 Å². The third-order valence-corrected chi connectivity index (χ3v) is 3.83. The second kappa shape index (κ2) is 5.39. The number of rotatable bonds is 4. The van der Waals surface area contributed by atoms with E-state index < -0.39 is 16.9 Å². The van der Waals surface area contributed by atoms with Gasteiger partial charge in [-0.15, -0.1) is 0 Å². The lowest BCUT2D eigenvalue weighted by Gasteiger charge is -2.09. The zero-order valence-corrected chi connectivity index (χ0v) is 9.88. The maximum atomic E-state index is 11.8. The van der Waals surface area contributed by atoms with E-state index in [4.69, 9.17) is 5.73 Å². The molecule has 0 aliphatic heterocycles. The van der Waals surface area contributed by atoms with Crippen LogP contribution in [0.5, 0.6) is 0 Å². The summed E-state index contributed by atoms with van der Waals surface area (Å²) in [6.45, 7) is 4.07. The predicted octanol–water partition coefficient (Wildman–Crippen LogP) is 0.731. The van der Waals surface area contributed by atoms with Crippen molar-refractivity contribution in [2.75, 3.05) is 12.3 Å². The van der Waals surface area contributed by atoms with E-state index in [2.05, 4.69) is 0 Å². The lowest BCUT2D eigenvalue weighted by molar-refractivity contribution is 0.207. The number of aliphatic hydroxyl groups excluding tert-OH is 1. The Labute approximate surface area is 92.8 Å². The number of nitrogens with two attached hydrogens (primary N) is 1. The molecule has 0 aromatic heterocycles. The van der Waals surface area contributed by atoms with Gasteiger partial charge < -0.3 is 10.8 Å². The number of aliphatic hydroxyl groups is 1. The zero-order valence-electron chi connectivity index (χ0n) is 9.06. The van der Waals surface area contributed by atoms with Crippen molar-refractivity contribution in [1.29, 1.82) is 0 Å². The fourth-order valence-corrected chi connectivity index (χ4v) is 2.69. The highest BCUT2D eigenvalue weighted by Gasteiger charge is 2.11. The highest BCUT2D eigenvalue weighted by Crippen LogP contribution is 2.15. The Morgan fingerprint density at radius 1 is 1.47 bits per heavy atom. The minimum atomic E-state index is -1.16. The lowest BCUT2D eigenvalue weighted by Crippen LogP contribution is -2.26. The van der Waals surface area contributed by atoms with Crippen LogP contribution in [0.1, 0.15) is 11.1 Å². The van der Waals surface area contributed by atoms with Crippen molar-refractivity contribution in [3.05, 3.63) is 29.3 Å². The second-order valence-electron chi connectivity index (χ2n) is 3.67. The van der Waals surface area contributed by atoms with Crippen molar-refractivity contribution in [3.63, 3.8) is 0 Å². The summed E-state index contributed by atoms with van der Waals surface area (Å²) in [5, 5.41) is 9.32. The summed E-state index contributed by atoms with van der Waals surface area (Å²) in [4.78, 5) is 0.785. The first kappa shape index (κ1) is 12.4. The molecule has 15 heavy (non-hydrogen) atoms. The molecule has 2 atom stereocenters. The quantitative estimate of drug-likeness (QED) is 0.797. The number of aryl methyl sites for hydroxylation is 2. The van der Waals surface area contributed by atoms with Crippen molar-refractivity contribution in [2.45, 2.75) is 24.8 Å². The Balaban J connectivity index is 2.82. The molecule has 2 unspecified atom stereocenters. The normalized spacial score (nSPS) is 14.9. The van der Waals surface area contributed by atoms with Gasteiger partial charge in [-0.2, -0.15) is 0 Å². The summed E-state index contributed by atoms with van der Waals surface area (Å²) < 4.78 is 11.8. The van der Waals surface area contributed by atoms with Gasteiger partial charge in [-0.25, -0.2) is 0 Å². The van der Waals surface area contributed by atoms with Gasteiger partial charge in [-0.05, 0) is 25.5 Å². The van der Waals surface area contributed by atoms with Crippen LogP contribution in [0.15, 0.2) is 23.1 Å². The van der Waals surface area contributed by atoms with Crippen LogP contribution in [-0.4, -0.2) is 27.7 Å². The summed E-state index contributed by atoms with van der Waals surface area (Å²) >= 11 is 0. The Bertz CT molecular complexity index is 366. The smallest absolute Gasteiger partial charge is 0.0781 e. The number of hydrogen-bond donors (Lipinski definition) is 2. The van der Waals surface area contributed by atoms with Crippen molar-refractivity contribution in [2.24, 2.45) is 5.73 Å². The Morgan fingerprint density at radius 3 is 2.67 bits per heavy atom. The molecule has 0 aliphatic carbocycles. The van der Waals surface area contributed by atoms with Crippen molar-refractivity contribution in [3.8, 4) is 0 Å². The zero-order chi connectivity index (χ0) is 11.4. The molecule has 84 valence electrons. The first-order chi connectivity index (χ1) is 7.04. The van der Waals surface area contributed by atoms with Crippen LogP contribution in [0.25, 0.3) is 0 Å². The number of benzene rings is 1. The molecule has 1 aromatic carbocycles. The van der Waals surface area contributed by atoms with Crippen molar-refractivity contribution < 1.29 is 9.32 Å². The molecule has 0 radical (unpaired) electrons. The van der Waals surface area contributed by atoms with Gasteiger partial charge in [0.15, 0.2) is 0 Å². The van der Waals surface area contributed by atoms with E-state index in [-0.39, 0.29) is 12.3 Å². The standard InChI is InChI=1S/C11H17NO2S/c1-8-3-4-11(9(2)5-8)15(14)7-10(13)6-12/h3-5,10,13H,6-7,12H2,1-2H3. The molecule has 0 bridgehead atoms. The van der Waals surface area contributed by atoms with Crippen LogP contribution < -0.4 is 5.73 Å². The third kappa shape index (κ3) is 3.41. The van der Waals surface area contributed by atoms with Gasteiger partial charge in [0, 0.05) is 11.4 Å². The van der Waals surface area contributed by atoms with E-state index in [9.17, 15) is 9.32 Å². The van der Waals surface area contributed by atoms with Crippen LogP contribution >= 0.6 is 0 Å². The molecular formula is C11H17NO2S. The summed E-state index contributed by atoms with van der Waals surface area (Å²) in [5.74, 6) is 0.209. The highest BCUT2D eigenvalue weighted by molar-refractivity contribution is 7.85. The molecule has 0 amide bonds. The minimum absolute atomic E-state index is 0.149. The Kier molecular flexibility index (Phi) is 4.45. The van der Waals surface area contributed by atoms with Crippen LogP contribution in [-0.2, 0) is 10.8 Å². The van der Waals surface area contributed by atoms with Crippen LogP contribution in [0.4, 0.5) is 0 Å². The molecule has 0 saturated carbocycles. The Hall–Kier alpha value is -0.710. The molecule has 0 saturated heterocycles. The molecular weight excluding hydrogens is 210 g/mol. The van der Waals surface area contributed by atoms with Gasteiger partial charge in [0.1, 0.15) is 0 Å². The Morgan fingerprint density at radius 2 is 2.13 bits per heavy atom. The highest BCUT2D eigenvalue weighted by atomic mass is 32.2. The third-order valence-electron chi connectivity index (χ3n) is 2.19. The summed E-state index contributed by atoms with van der Waals surface area (Å²) in [6, 6.07) is 5.77. The van der Waals surface area contributed by atoms with Gasteiger partial charge in [0.05, 0.1) is 22.7 Å². The van der Waals surface area contributed by atoms with Crippen molar-refractivity contribution in [1.82, 2.24) is 0 Å². The first-order valence-electron chi connectivity index (χ1n) is 4.88. The maximum absolute atomic E-state index is 11.8. The number of hydrogen-bond acceptors (Lipinski definition) is 3. The molecule has 0 aliphatic rings. The molecule has 0 spiro atoms. The van der Waals surface area contributed by atoms with Gasteiger partial charge in [-0.3, -0.25) is 4.21 Å². The SMILES string of the molecule is Cc1ccc(S(=O)CC(O)CN)c(C)c1. The molecule has 4 heteroatoms. The lowest BCUT2D eigenvalue weighted by atomic mass is 10.2. The molecule has 0 heterocycles. The van der Waals surface area contributed by atoms with E-state index in [1.165, 1.54) is 0 Å². The van der Waals surface area contributed by atoms with E-state index in [1.807, 2.05) is 32.0 Å². The van der Waals surface area contributed by atoms with E-state index in [0.717, 1.165) is 16.0 Å². The maximum Gasteiger partial charge on any atom is 0.0781 e. The predicted molar refractivity (Wildman–Crippen MR) is 62.3 cm³/mol. The minimum Gasteiger partial charge on any atom is -0.391 e. The largest absolute Gasteiger partial charge is 0.391 e. The van der Waals surface area contributed by atoms with Crippen LogP contribution in [0.3, 0.4) is 0 Å². The first-order valence-corrected chi connectivity index (χ1v) is 6.20. The summed E-state index contributed by atoms with van der Waals surface area (Å²) in [5.41, 5.74) is 7.42. The fraction of sp³-hybridized carbons (Fsp3) is 0.455.